The number of fused-ring (bicyclic) bond motifs is 2. The van der Waals surface area contributed by atoms with Crippen LogP contribution in [0.5, 0.6) is 11.5 Å². The van der Waals surface area contributed by atoms with Gasteiger partial charge in [0.25, 0.3) is 0 Å². The van der Waals surface area contributed by atoms with Crippen molar-refractivity contribution in [1.29, 1.82) is 0 Å². The van der Waals surface area contributed by atoms with Gasteiger partial charge >= 0.3 is 11.8 Å². The Morgan fingerprint density at radius 2 is 1.88 bits per heavy atom. The maximum absolute atomic E-state index is 12.4. The molecule has 3 heterocycles. The molecule has 33 heavy (non-hydrogen) atoms. The first-order valence-electron chi connectivity index (χ1n) is 10.7. The molecule has 0 spiro atoms. The van der Waals surface area contributed by atoms with Crippen LogP contribution in [0.1, 0.15) is 49.5 Å². The van der Waals surface area contributed by atoms with Crippen molar-refractivity contribution in [3.05, 3.63) is 33.7 Å². The monoisotopic (exact) mass is 462 g/mol. The summed E-state index contributed by atoms with van der Waals surface area (Å²) in [6, 6.07) is 3.04. The van der Waals surface area contributed by atoms with Gasteiger partial charge in [-0.1, -0.05) is 13.8 Å². The van der Waals surface area contributed by atoms with E-state index in [0.29, 0.717) is 12.0 Å². The summed E-state index contributed by atoms with van der Waals surface area (Å²) in [5.74, 6) is -0.672. The van der Waals surface area contributed by atoms with Gasteiger partial charge in [0, 0.05) is 19.1 Å². The highest BCUT2D eigenvalue weighted by Gasteiger charge is 2.59. The molecule has 2 fully saturated rings. The molecule has 1 aromatic heterocycles. The molecular formula is C23H26O10. The Bertz CT molecular complexity index is 1170. The van der Waals surface area contributed by atoms with Crippen molar-refractivity contribution in [1.82, 2.24) is 0 Å². The van der Waals surface area contributed by atoms with Crippen LogP contribution < -0.4 is 10.4 Å². The van der Waals surface area contributed by atoms with Gasteiger partial charge in [0.2, 0.25) is 12.4 Å². The second-order valence-electron chi connectivity index (χ2n) is 8.30. The van der Waals surface area contributed by atoms with Crippen molar-refractivity contribution >= 4 is 22.9 Å². The van der Waals surface area contributed by atoms with Gasteiger partial charge in [-0.05, 0) is 32.4 Å². The van der Waals surface area contributed by atoms with E-state index in [1.807, 2.05) is 13.8 Å². The summed E-state index contributed by atoms with van der Waals surface area (Å²) in [5, 5.41) is 10.7. The Kier molecular flexibility index (Phi) is 5.83. The highest BCUT2D eigenvalue weighted by Crippen LogP contribution is 2.41. The van der Waals surface area contributed by atoms with Crippen molar-refractivity contribution in [2.24, 2.45) is 0 Å². The van der Waals surface area contributed by atoms with Crippen molar-refractivity contribution in [2.45, 2.75) is 70.7 Å². The third kappa shape index (κ3) is 3.63. The van der Waals surface area contributed by atoms with Gasteiger partial charge in [0.05, 0.1) is 11.0 Å². The predicted octanol–water partition coefficient (Wildman–Crippen LogP) is 3.22. The van der Waals surface area contributed by atoms with E-state index in [1.165, 1.54) is 13.2 Å². The van der Waals surface area contributed by atoms with Crippen LogP contribution in [0.4, 0.5) is 4.79 Å². The molecule has 5 atom stereocenters. The molecule has 0 aliphatic carbocycles. The molecule has 10 nitrogen and oxygen atoms in total. The smallest absolute Gasteiger partial charge is 0.506 e. The van der Waals surface area contributed by atoms with Crippen LogP contribution >= 0.6 is 0 Å². The fourth-order valence-electron chi connectivity index (χ4n) is 4.38. The van der Waals surface area contributed by atoms with Crippen molar-refractivity contribution in [3.8, 4) is 11.5 Å². The fourth-order valence-corrected chi connectivity index (χ4v) is 4.38. The van der Waals surface area contributed by atoms with Gasteiger partial charge in [0.1, 0.15) is 28.7 Å². The SMILES string of the molecule is CCC(=O)c1c(O)c2ccc(OC3O[C@@](C)(CC)[C@H](OC)[C@H]4OC(=O)O[C@@H]34)c(C)c2oc1=O. The zero-order valence-electron chi connectivity index (χ0n) is 19.0. The van der Waals surface area contributed by atoms with E-state index < -0.39 is 53.5 Å². The summed E-state index contributed by atoms with van der Waals surface area (Å²) in [6.45, 7) is 6.96. The minimum Gasteiger partial charge on any atom is -0.506 e. The summed E-state index contributed by atoms with van der Waals surface area (Å²) in [5.41, 5.74) is -1.67. The number of rotatable bonds is 6. The molecule has 1 aromatic carbocycles. The van der Waals surface area contributed by atoms with Gasteiger partial charge in [-0.15, -0.1) is 0 Å². The number of Topliss-reactive ketones (excluding diaryl/α,β-unsaturated/α-hetero) is 1. The van der Waals surface area contributed by atoms with Crippen LogP contribution in [0.25, 0.3) is 11.0 Å². The molecule has 178 valence electrons. The Balaban J connectivity index is 1.74. The predicted molar refractivity (Wildman–Crippen MR) is 114 cm³/mol. The van der Waals surface area contributed by atoms with E-state index in [0.717, 1.165) is 0 Å². The Hall–Kier alpha value is -3.11. The highest BCUT2D eigenvalue weighted by atomic mass is 16.8. The minimum atomic E-state index is -1.03. The molecular weight excluding hydrogens is 436 g/mol. The maximum atomic E-state index is 12.4. The second kappa shape index (κ2) is 8.35. The average molecular weight is 462 g/mol. The molecule has 1 N–H and O–H groups in total. The molecule has 2 aromatic rings. The molecule has 0 amide bonds. The van der Waals surface area contributed by atoms with E-state index >= 15 is 0 Å². The van der Waals surface area contributed by atoms with Crippen LogP contribution in [0.3, 0.4) is 0 Å². The lowest BCUT2D eigenvalue weighted by Crippen LogP contribution is -2.63. The molecule has 0 bridgehead atoms. The molecule has 2 saturated heterocycles. The maximum Gasteiger partial charge on any atom is 0.509 e. The third-order valence-electron chi connectivity index (χ3n) is 6.39. The first-order chi connectivity index (χ1) is 15.6. The standard InChI is InChI=1S/C23H26O10/c1-6-12(24)14-15(25)11-8-9-13(10(3)16(11)30-20(14)26)29-21-18-17(31-22(27)32-18)19(28-5)23(4,7-2)33-21/h8-9,17-19,21,25H,6-7H2,1-5H3/t17-,18+,19+,21?,23-/m0/s1. The topological polar surface area (TPSA) is 131 Å². The molecule has 2 aliphatic rings. The molecule has 0 saturated carbocycles. The van der Waals surface area contributed by atoms with Crippen molar-refractivity contribution in [2.75, 3.05) is 7.11 Å². The first kappa shape index (κ1) is 23.1. The number of hydrogen-bond donors (Lipinski definition) is 1. The molecule has 10 heteroatoms. The summed E-state index contributed by atoms with van der Waals surface area (Å²) in [4.78, 5) is 36.3. The molecule has 4 rings (SSSR count). The van der Waals surface area contributed by atoms with E-state index in [1.54, 1.807) is 19.9 Å². The average Bonchev–Trinajstić information content (AvgIpc) is 3.17. The van der Waals surface area contributed by atoms with Gasteiger partial charge < -0.3 is 33.2 Å². The number of aromatic hydroxyl groups is 1. The summed E-state index contributed by atoms with van der Waals surface area (Å²) < 4.78 is 33.8. The summed E-state index contributed by atoms with van der Waals surface area (Å²) >= 11 is 0. The van der Waals surface area contributed by atoms with Crippen LogP contribution in [-0.2, 0) is 18.9 Å². The largest absolute Gasteiger partial charge is 0.509 e. The number of aryl methyl sites for hydroxylation is 1. The number of carbonyl (C=O) groups excluding carboxylic acids is 2. The Labute approximate surface area is 189 Å². The second-order valence-corrected chi connectivity index (χ2v) is 8.30. The van der Waals surface area contributed by atoms with Crippen molar-refractivity contribution < 1.29 is 42.8 Å². The van der Waals surface area contributed by atoms with Gasteiger partial charge in [-0.2, -0.15) is 0 Å². The first-order valence-corrected chi connectivity index (χ1v) is 10.7. The lowest BCUT2D eigenvalue weighted by Gasteiger charge is -2.46. The number of ether oxygens (including phenoxy) is 5. The number of carbonyl (C=O) groups is 2. The number of methoxy groups -OCH3 is 1. The number of hydrogen-bond acceptors (Lipinski definition) is 10. The molecule has 1 unspecified atom stereocenters. The summed E-state index contributed by atoms with van der Waals surface area (Å²) in [6.07, 6.45) is -3.48. The molecule has 2 aliphatic heterocycles. The van der Waals surface area contributed by atoms with E-state index in [9.17, 15) is 19.5 Å². The Morgan fingerprint density at radius 3 is 2.52 bits per heavy atom. The number of ketones is 1. The lowest BCUT2D eigenvalue weighted by molar-refractivity contribution is -0.289. The van der Waals surface area contributed by atoms with Crippen LogP contribution in [0, 0.1) is 6.92 Å². The van der Waals surface area contributed by atoms with Crippen molar-refractivity contribution in [3.63, 3.8) is 0 Å². The van der Waals surface area contributed by atoms with E-state index in [-0.39, 0.29) is 28.7 Å². The normalized spacial score (nSPS) is 28.8. The quantitative estimate of drug-likeness (QED) is 0.388. The van der Waals surface area contributed by atoms with Crippen LogP contribution in [0.2, 0.25) is 0 Å². The zero-order valence-corrected chi connectivity index (χ0v) is 19.0. The highest BCUT2D eigenvalue weighted by molar-refractivity contribution is 6.03. The summed E-state index contributed by atoms with van der Waals surface area (Å²) in [7, 11) is 1.51. The fraction of sp³-hybridized carbons (Fsp3) is 0.522. The van der Waals surface area contributed by atoms with E-state index in [2.05, 4.69) is 0 Å². The van der Waals surface area contributed by atoms with Crippen LogP contribution in [-0.4, -0.2) is 54.4 Å². The van der Waals surface area contributed by atoms with Crippen LogP contribution in [0.15, 0.2) is 21.3 Å². The van der Waals surface area contributed by atoms with Gasteiger partial charge in [0.15, 0.2) is 11.9 Å². The third-order valence-corrected chi connectivity index (χ3v) is 6.39. The lowest BCUT2D eigenvalue weighted by atomic mass is 9.86. The minimum absolute atomic E-state index is 0.0467. The van der Waals surface area contributed by atoms with Gasteiger partial charge in [-0.3, -0.25) is 4.79 Å². The van der Waals surface area contributed by atoms with E-state index in [4.69, 9.17) is 28.1 Å². The zero-order chi connectivity index (χ0) is 24.1. The molecule has 0 radical (unpaired) electrons. The Morgan fingerprint density at radius 1 is 1.18 bits per heavy atom. The number of benzene rings is 1. The van der Waals surface area contributed by atoms with Gasteiger partial charge in [-0.25, -0.2) is 9.59 Å².